The van der Waals surface area contributed by atoms with E-state index in [1.165, 1.54) is 36.7 Å². The predicted octanol–water partition coefficient (Wildman–Crippen LogP) is 1.97. The molecule has 0 radical (unpaired) electrons. The van der Waals surface area contributed by atoms with Gasteiger partial charge in [0.1, 0.15) is 17.9 Å². The molecule has 4 aromatic rings. The first-order valence-corrected chi connectivity index (χ1v) is 18.3. The molecule has 0 spiro atoms. The van der Waals surface area contributed by atoms with Crippen LogP contribution < -0.4 is 21.5 Å². The van der Waals surface area contributed by atoms with E-state index in [0.717, 1.165) is 0 Å². The number of piperidine rings is 1. The monoisotopic (exact) mass is 799 g/mol. The Morgan fingerprint density at radius 2 is 1.71 bits per heavy atom. The number of nitrogens with one attached hydrogen (secondary N) is 4. The van der Waals surface area contributed by atoms with Crippen LogP contribution in [0.3, 0.4) is 0 Å². The molecule has 2 saturated heterocycles. The molecule has 5 heterocycles. The number of likely N-dealkylation sites (tertiary alicyclic amines) is 1. The quantitative estimate of drug-likeness (QED) is 0.131. The molecule has 0 saturated carbocycles. The van der Waals surface area contributed by atoms with Crippen molar-refractivity contribution in [3.8, 4) is 11.4 Å². The van der Waals surface area contributed by atoms with Gasteiger partial charge in [-0.15, -0.1) is 0 Å². The summed E-state index contributed by atoms with van der Waals surface area (Å²) in [4.78, 5) is 65.2. The number of likely N-dealkylation sites (N-methyl/N-ethyl adjacent to an activating group) is 1. The Balaban J connectivity index is 1.05. The van der Waals surface area contributed by atoms with Crippen LogP contribution in [0.15, 0.2) is 42.7 Å². The normalized spacial score (nSPS) is 18.8. The van der Waals surface area contributed by atoms with Gasteiger partial charge in [0.25, 0.3) is 11.8 Å². The number of nitrogens with two attached hydrogens (primary N) is 1. The number of alkyl halides is 3. The molecule has 2 fully saturated rings. The minimum Gasteiger partial charge on any atom is -0.544 e. The minimum absolute atomic E-state index is 0.00582. The van der Waals surface area contributed by atoms with Crippen molar-refractivity contribution in [2.45, 2.75) is 25.4 Å². The number of hydrogen-bond donors (Lipinski definition) is 5. The lowest BCUT2D eigenvalue weighted by molar-refractivity contribution is -0.909. The van der Waals surface area contributed by atoms with Gasteiger partial charge in [-0.3, -0.25) is 24.5 Å². The number of rotatable bonds is 12. The molecular weight excluding hydrogens is 759 g/mol. The summed E-state index contributed by atoms with van der Waals surface area (Å²) in [5, 5.41) is 22.8. The third-order valence-corrected chi connectivity index (χ3v) is 10.4. The Morgan fingerprint density at radius 3 is 2.34 bits per heavy atom. The zero-order valence-electron chi connectivity index (χ0n) is 30.4. The van der Waals surface area contributed by atoms with Crippen molar-refractivity contribution >= 4 is 46.7 Å². The molecule has 298 valence electrons. The van der Waals surface area contributed by atoms with Gasteiger partial charge in [-0.05, 0) is 30.3 Å². The molecule has 16 nitrogen and oxygen atoms in total. The Kier molecular flexibility index (Phi) is 12.0. The van der Waals surface area contributed by atoms with Crippen LogP contribution >= 0.6 is 11.6 Å². The number of aromatic nitrogens is 5. The number of anilines is 2. The Morgan fingerprint density at radius 1 is 1.02 bits per heavy atom. The number of quaternary nitrogens is 1. The molecule has 2 aliphatic rings. The van der Waals surface area contributed by atoms with Gasteiger partial charge in [0.05, 0.1) is 54.3 Å². The summed E-state index contributed by atoms with van der Waals surface area (Å²) in [7, 11) is 1.85. The van der Waals surface area contributed by atoms with E-state index in [0.29, 0.717) is 75.4 Å². The van der Waals surface area contributed by atoms with E-state index in [1.54, 1.807) is 15.9 Å². The number of imidazole rings is 1. The van der Waals surface area contributed by atoms with E-state index in [9.17, 15) is 37.5 Å². The third kappa shape index (κ3) is 9.28. The van der Waals surface area contributed by atoms with E-state index >= 15 is 0 Å². The number of aromatic amines is 2. The van der Waals surface area contributed by atoms with E-state index in [1.807, 2.05) is 7.05 Å². The Labute approximate surface area is 324 Å². The fourth-order valence-electron chi connectivity index (χ4n) is 7.02. The first kappa shape index (κ1) is 40.1. The van der Waals surface area contributed by atoms with Gasteiger partial charge in [-0.2, -0.15) is 18.3 Å². The summed E-state index contributed by atoms with van der Waals surface area (Å²) in [6.45, 7) is 3.23. The number of nitrogens with zero attached hydrogens (tertiary/aromatic N) is 6. The van der Waals surface area contributed by atoms with Gasteiger partial charge in [-0.1, -0.05) is 11.6 Å². The molecule has 0 bridgehead atoms. The van der Waals surface area contributed by atoms with Crippen molar-refractivity contribution in [2.24, 2.45) is 11.7 Å². The van der Waals surface area contributed by atoms with Gasteiger partial charge in [-0.25, -0.2) is 4.98 Å². The van der Waals surface area contributed by atoms with Crippen LogP contribution in [-0.2, 0) is 22.2 Å². The second-order valence-electron chi connectivity index (χ2n) is 14.1. The fourth-order valence-corrected chi connectivity index (χ4v) is 7.28. The van der Waals surface area contributed by atoms with E-state index in [-0.39, 0.29) is 75.4 Å². The molecule has 1 aromatic carbocycles. The first-order chi connectivity index (χ1) is 26.6. The second-order valence-corrected chi connectivity index (χ2v) is 14.5. The third-order valence-electron chi connectivity index (χ3n) is 10.1. The van der Waals surface area contributed by atoms with E-state index in [2.05, 4.69) is 35.8 Å². The van der Waals surface area contributed by atoms with Crippen molar-refractivity contribution in [1.29, 1.82) is 0 Å². The maximum Gasteiger partial charge on any atom is 0.433 e. The summed E-state index contributed by atoms with van der Waals surface area (Å²) in [6.07, 6.45) is -1.16. The highest BCUT2D eigenvalue weighted by Gasteiger charge is 2.39. The lowest BCUT2D eigenvalue weighted by Gasteiger charge is -2.42. The maximum absolute atomic E-state index is 14.0. The smallest absolute Gasteiger partial charge is 0.433 e. The number of hydrogen-bond acceptors (Lipinski definition) is 10. The fraction of sp³-hybridized carbons (Fsp3) is 0.417. The number of carboxylic acids is 1. The van der Waals surface area contributed by atoms with Crippen LogP contribution in [0.2, 0.25) is 5.02 Å². The number of carbonyl (C=O) groups excluding carboxylic acids is 4. The second kappa shape index (κ2) is 16.7. The molecule has 2 aliphatic heterocycles. The number of benzene rings is 1. The summed E-state index contributed by atoms with van der Waals surface area (Å²) >= 11 is 6.50. The summed E-state index contributed by atoms with van der Waals surface area (Å²) in [5.41, 5.74) is 5.75. The number of piperazine rings is 1. The topological polar surface area (TPSA) is 218 Å². The van der Waals surface area contributed by atoms with Gasteiger partial charge in [0, 0.05) is 87.6 Å². The van der Waals surface area contributed by atoms with Crippen LogP contribution in [-0.4, -0.2) is 129 Å². The van der Waals surface area contributed by atoms with E-state index in [4.69, 9.17) is 17.3 Å². The number of carbonyl (C=O) groups is 4. The molecule has 0 aliphatic carbocycles. The Bertz CT molecular complexity index is 2070. The van der Waals surface area contributed by atoms with Crippen LogP contribution in [0.4, 0.5) is 24.5 Å². The first-order valence-electron chi connectivity index (χ1n) is 17.9. The lowest BCUT2D eigenvalue weighted by atomic mass is 9.93. The number of pyridine rings is 1. The Hall–Kier alpha value is -5.53. The lowest BCUT2D eigenvalue weighted by Crippen LogP contribution is -2.57. The van der Waals surface area contributed by atoms with Crippen LogP contribution in [0, 0.1) is 5.92 Å². The molecule has 0 unspecified atom stereocenters. The SMILES string of the molecule is C[N+]1(CC(=O)[O-])CCC(C(=O)N2CCN(C(=O)c3ccc(NC(=O)c4ncc(Cc5c(-c6ccc(NCCN)cn6)n[nH]c5C(F)(F)F)[nH]4)cc3Cl)CC2)CC1. The summed E-state index contributed by atoms with van der Waals surface area (Å²) in [5.74, 6) is -2.51. The number of halogens is 4. The zero-order valence-corrected chi connectivity index (χ0v) is 31.2. The van der Waals surface area contributed by atoms with Crippen LogP contribution in [0.1, 0.15) is 50.8 Å². The van der Waals surface area contributed by atoms with Crippen molar-refractivity contribution in [1.82, 2.24) is 34.9 Å². The molecule has 0 atom stereocenters. The average molecular weight is 800 g/mol. The molecule has 20 heteroatoms. The number of carboxylic acid groups (broad SMARTS) is 1. The molecule has 56 heavy (non-hydrogen) atoms. The predicted molar refractivity (Wildman–Crippen MR) is 196 cm³/mol. The van der Waals surface area contributed by atoms with Crippen molar-refractivity contribution in [3.05, 3.63) is 76.1 Å². The average Bonchev–Trinajstić information content (AvgIpc) is 3.82. The van der Waals surface area contributed by atoms with Crippen molar-refractivity contribution in [2.75, 3.05) is 76.6 Å². The number of H-pyrrole nitrogens is 2. The molecular formula is C36H41ClF3N11O5. The zero-order chi connectivity index (χ0) is 40.2. The van der Waals surface area contributed by atoms with Gasteiger partial charge >= 0.3 is 6.18 Å². The van der Waals surface area contributed by atoms with Gasteiger partial charge in [0.2, 0.25) is 5.91 Å². The van der Waals surface area contributed by atoms with Crippen LogP contribution in [0.5, 0.6) is 0 Å². The molecule has 6 rings (SSSR count). The maximum atomic E-state index is 14.0. The minimum atomic E-state index is -4.74. The van der Waals surface area contributed by atoms with Crippen molar-refractivity contribution < 1.29 is 41.9 Å². The number of amides is 3. The molecule has 3 aromatic heterocycles. The summed E-state index contributed by atoms with van der Waals surface area (Å²) in [6, 6.07) is 7.57. The highest BCUT2D eigenvalue weighted by molar-refractivity contribution is 6.34. The van der Waals surface area contributed by atoms with Gasteiger partial charge < -0.3 is 45.5 Å². The standard InChI is InChI=1S/C36H41ClF3N11O5/c1-51(20-29(52)53)14-6-21(7-15-51)34(55)49-10-12-50(13-11-49)35(56)25-4-2-22(17-27(25)37)46-33(54)32-44-19-24(45-32)16-26-30(47-48-31(26)36(38,39)40)28-5-3-23(18-43-28)42-9-8-41/h2-5,17-19,21H,6-16,20,41H2,1H3,(H4-,42,43,44,45,46,47,48,52,53,54,56). The largest absolute Gasteiger partial charge is 0.544 e. The number of aliphatic carboxylic acids is 1. The van der Waals surface area contributed by atoms with E-state index < -0.39 is 23.7 Å². The summed E-state index contributed by atoms with van der Waals surface area (Å²) < 4.78 is 42.2. The van der Waals surface area contributed by atoms with Gasteiger partial charge in [0.15, 0.2) is 5.82 Å². The molecule has 3 amide bonds. The van der Waals surface area contributed by atoms with Crippen molar-refractivity contribution in [3.63, 3.8) is 0 Å². The van der Waals surface area contributed by atoms with Crippen LogP contribution in [0.25, 0.3) is 11.4 Å². The highest BCUT2D eigenvalue weighted by Crippen LogP contribution is 2.36. The highest BCUT2D eigenvalue weighted by atomic mass is 35.5. The molecule has 6 N–H and O–H groups in total.